The average molecular weight is 533 g/mol. The van der Waals surface area contributed by atoms with Crippen LogP contribution >= 0.6 is 15.9 Å². The molecule has 0 bridgehead atoms. The number of nitrogens with one attached hydrogen (secondary N) is 2. The molecule has 0 radical (unpaired) electrons. The molecule has 8 heteroatoms. The summed E-state index contributed by atoms with van der Waals surface area (Å²) >= 11 is 3.48. The summed E-state index contributed by atoms with van der Waals surface area (Å²) < 4.78 is 6.44. The van der Waals surface area contributed by atoms with Crippen molar-refractivity contribution in [3.05, 3.63) is 94.2 Å². The number of likely N-dealkylation sites (tertiary alicyclic amines) is 1. The van der Waals surface area contributed by atoms with Crippen LogP contribution in [-0.2, 0) is 22.6 Å². The standard InChI is InChI=1S/C27H25BrN4O3/c28-20-10-13-22-23(16-20)31-25(30-22)15-18-8-11-21(12-9-18)29-26(33)24-7-4-14-32(24)27(34)35-17-19-5-2-1-3-6-19/h1-3,5-6,8-13,16,24H,4,7,14-15,17H2,(H,29,33)(H,30,31)/t24-/m0/s1. The van der Waals surface area contributed by atoms with Crippen LogP contribution in [0.25, 0.3) is 11.0 Å². The van der Waals surface area contributed by atoms with Crippen molar-refractivity contribution in [3.63, 3.8) is 0 Å². The van der Waals surface area contributed by atoms with E-state index in [0.29, 0.717) is 25.1 Å². The van der Waals surface area contributed by atoms with Crippen LogP contribution in [0.15, 0.2) is 77.3 Å². The number of aromatic nitrogens is 2. The van der Waals surface area contributed by atoms with Crippen LogP contribution in [0.4, 0.5) is 10.5 Å². The van der Waals surface area contributed by atoms with Crippen LogP contribution in [-0.4, -0.2) is 39.5 Å². The number of aromatic amines is 1. The van der Waals surface area contributed by atoms with Gasteiger partial charge < -0.3 is 15.0 Å². The number of rotatable bonds is 6. The Morgan fingerprint density at radius 1 is 1.06 bits per heavy atom. The van der Waals surface area contributed by atoms with E-state index in [1.807, 2.05) is 72.8 Å². The maximum atomic E-state index is 12.9. The van der Waals surface area contributed by atoms with E-state index in [2.05, 4.69) is 31.2 Å². The molecular weight excluding hydrogens is 508 g/mol. The predicted molar refractivity (Wildman–Crippen MR) is 138 cm³/mol. The van der Waals surface area contributed by atoms with Gasteiger partial charge in [-0.3, -0.25) is 9.69 Å². The molecule has 5 rings (SSSR count). The third kappa shape index (κ3) is 5.54. The van der Waals surface area contributed by atoms with Crippen molar-refractivity contribution in [1.82, 2.24) is 14.9 Å². The molecule has 0 saturated carbocycles. The molecular formula is C27H25BrN4O3. The Morgan fingerprint density at radius 2 is 1.86 bits per heavy atom. The molecule has 178 valence electrons. The van der Waals surface area contributed by atoms with Gasteiger partial charge in [-0.15, -0.1) is 0 Å². The van der Waals surface area contributed by atoms with E-state index in [1.165, 1.54) is 4.90 Å². The molecule has 2 heterocycles. The molecule has 1 fully saturated rings. The first-order valence-corrected chi connectivity index (χ1v) is 12.4. The number of nitrogens with zero attached hydrogens (tertiary/aromatic N) is 2. The zero-order valence-electron chi connectivity index (χ0n) is 19.0. The van der Waals surface area contributed by atoms with Gasteiger partial charge in [-0.2, -0.15) is 0 Å². The van der Waals surface area contributed by atoms with Crippen LogP contribution < -0.4 is 5.32 Å². The number of H-pyrrole nitrogens is 1. The molecule has 0 unspecified atom stereocenters. The first-order chi connectivity index (χ1) is 17.0. The fourth-order valence-corrected chi connectivity index (χ4v) is 4.66. The van der Waals surface area contributed by atoms with Crippen molar-refractivity contribution in [2.45, 2.75) is 31.9 Å². The van der Waals surface area contributed by atoms with Crippen LogP contribution in [0, 0.1) is 0 Å². The molecule has 0 spiro atoms. The zero-order chi connectivity index (χ0) is 24.2. The smallest absolute Gasteiger partial charge is 0.410 e. The molecule has 2 amide bonds. The molecule has 7 nitrogen and oxygen atoms in total. The normalized spacial score (nSPS) is 15.3. The van der Waals surface area contributed by atoms with E-state index in [9.17, 15) is 9.59 Å². The average Bonchev–Trinajstić information content (AvgIpc) is 3.51. The number of imidazole rings is 1. The molecule has 4 aromatic rings. The van der Waals surface area contributed by atoms with Crippen molar-refractivity contribution in [2.24, 2.45) is 0 Å². The second kappa shape index (κ2) is 10.3. The predicted octanol–water partition coefficient (Wildman–Crippen LogP) is 5.66. The number of amides is 2. The third-order valence-electron chi connectivity index (χ3n) is 6.08. The lowest BCUT2D eigenvalue weighted by atomic mass is 10.1. The number of benzene rings is 3. The van der Waals surface area contributed by atoms with Crippen molar-refractivity contribution in [1.29, 1.82) is 0 Å². The second-order valence-electron chi connectivity index (χ2n) is 8.60. The lowest BCUT2D eigenvalue weighted by Gasteiger charge is -2.23. The van der Waals surface area contributed by atoms with Gasteiger partial charge in [-0.25, -0.2) is 9.78 Å². The molecule has 1 saturated heterocycles. The summed E-state index contributed by atoms with van der Waals surface area (Å²) in [6.07, 6.45) is 1.59. The highest BCUT2D eigenvalue weighted by molar-refractivity contribution is 9.10. The van der Waals surface area contributed by atoms with Crippen molar-refractivity contribution >= 4 is 44.7 Å². The van der Waals surface area contributed by atoms with E-state index in [1.54, 1.807) is 0 Å². The van der Waals surface area contributed by atoms with Crippen molar-refractivity contribution in [3.8, 4) is 0 Å². The Balaban J connectivity index is 1.17. The number of anilines is 1. The first-order valence-electron chi connectivity index (χ1n) is 11.6. The quantitative estimate of drug-likeness (QED) is 0.335. The fraction of sp³-hybridized carbons (Fsp3) is 0.222. The molecule has 3 aromatic carbocycles. The van der Waals surface area contributed by atoms with Gasteiger partial charge in [-0.05, 0) is 54.3 Å². The van der Waals surface area contributed by atoms with Gasteiger partial charge >= 0.3 is 6.09 Å². The molecule has 1 aromatic heterocycles. The maximum Gasteiger partial charge on any atom is 0.410 e. The summed E-state index contributed by atoms with van der Waals surface area (Å²) in [6.45, 7) is 0.702. The van der Waals surface area contributed by atoms with Crippen LogP contribution in [0.1, 0.15) is 29.8 Å². The van der Waals surface area contributed by atoms with Gasteiger partial charge in [-0.1, -0.05) is 58.4 Å². The van der Waals surface area contributed by atoms with Gasteiger partial charge in [0.1, 0.15) is 18.5 Å². The molecule has 0 aliphatic carbocycles. The van der Waals surface area contributed by atoms with Crippen LogP contribution in [0.2, 0.25) is 0 Å². The van der Waals surface area contributed by atoms with Crippen LogP contribution in [0.5, 0.6) is 0 Å². The summed E-state index contributed by atoms with van der Waals surface area (Å²) in [5.74, 6) is 0.681. The number of halogens is 1. The number of carbonyl (C=O) groups is 2. The minimum Gasteiger partial charge on any atom is -0.445 e. The van der Waals surface area contributed by atoms with E-state index in [-0.39, 0.29) is 12.5 Å². The van der Waals surface area contributed by atoms with Gasteiger partial charge in [0.05, 0.1) is 11.0 Å². The van der Waals surface area contributed by atoms with Gasteiger partial charge in [0.25, 0.3) is 0 Å². The number of ether oxygens (including phenoxy) is 1. The number of hydrogen-bond acceptors (Lipinski definition) is 4. The van der Waals surface area contributed by atoms with E-state index in [4.69, 9.17) is 4.74 Å². The second-order valence-corrected chi connectivity index (χ2v) is 9.52. The largest absolute Gasteiger partial charge is 0.445 e. The highest BCUT2D eigenvalue weighted by atomic mass is 79.9. The molecule has 1 aliphatic heterocycles. The summed E-state index contributed by atoms with van der Waals surface area (Å²) in [7, 11) is 0. The summed E-state index contributed by atoms with van der Waals surface area (Å²) in [5.41, 5.74) is 4.60. The van der Waals surface area contributed by atoms with Gasteiger partial charge in [0, 0.05) is 23.1 Å². The Morgan fingerprint density at radius 3 is 2.66 bits per heavy atom. The maximum absolute atomic E-state index is 12.9. The minimum absolute atomic E-state index is 0.189. The van der Waals surface area contributed by atoms with E-state index < -0.39 is 12.1 Å². The Labute approximate surface area is 211 Å². The topological polar surface area (TPSA) is 87.3 Å². The summed E-state index contributed by atoms with van der Waals surface area (Å²) in [6, 6.07) is 22.6. The van der Waals surface area contributed by atoms with Crippen LogP contribution in [0.3, 0.4) is 0 Å². The minimum atomic E-state index is -0.534. The molecule has 1 atom stereocenters. The molecule has 35 heavy (non-hydrogen) atoms. The highest BCUT2D eigenvalue weighted by Gasteiger charge is 2.35. The van der Waals surface area contributed by atoms with Crippen molar-refractivity contribution in [2.75, 3.05) is 11.9 Å². The van der Waals surface area contributed by atoms with E-state index in [0.717, 1.165) is 38.9 Å². The Hall–Kier alpha value is -3.65. The first kappa shape index (κ1) is 23.1. The third-order valence-corrected chi connectivity index (χ3v) is 6.57. The summed E-state index contributed by atoms with van der Waals surface area (Å²) in [5, 5.41) is 2.94. The van der Waals surface area contributed by atoms with Gasteiger partial charge in [0.15, 0.2) is 0 Å². The molecule has 2 N–H and O–H groups in total. The Bertz CT molecular complexity index is 1340. The zero-order valence-corrected chi connectivity index (χ0v) is 20.6. The lowest BCUT2D eigenvalue weighted by molar-refractivity contribution is -0.120. The number of hydrogen-bond donors (Lipinski definition) is 2. The van der Waals surface area contributed by atoms with E-state index >= 15 is 0 Å². The Kier molecular flexibility index (Phi) is 6.81. The highest BCUT2D eigenvalue weighted by Crippen LogP contribution is 2.22. The molecule has 1 aliphatic rings. The monoisotopic (exact) mass is 532 g/mol. The van der Waals surface area contributed by atoms with Gasteiger partial charge in [0.2, 0.25) is 5.91 Å². The number of fused-ring (bicyclic) bond motifs is 1. The number of carbonyl (C=O) groups excluding carboxylic acids is 2. The fourth-order valence-electron chi connectivity index (χ4n) is 4.30. The van der Waals surface area contributed by atoms with Crippen molar-refractivity contribution < 1.29 is 14.3 Å². The summed E-state index contributed by atoms with van der Waals surface area (Å²) in [4.78, 5) is 35.0. The lowest BCUT2D eigenvalue weighted by Crippen LogP contribution is -2.43. The SMILES string of the molecule is O=C(Nc1ccc(Cc2nc3ccc(Br)cc3[nH]2)cc1)[C@@H]1CCCN1C(=O)OCc1ccccc1.